The van der Waals surface area contributed by atoms with Crippen LogP contribution in [-0.2, 0) is 4.74 Å². The lowest BCUT2D eigenvalue weighted by Crippen LogP contribution is -2.53. The minimum absolute atomic E-state index is 0. The van der Waals surface area contributed by atoms with Crippen molar-refractivity contribution in [1.82, 2.24) is 15.5 Å². The van der Waals surface area contributed by atoms with Crippen molar-refractivity contribution < 1.29 is 4.74 Å². The quantitative estimate of drug-likeness (QED) is 0.779. The van der Waals surface area contributed by atoms with Crippen molar-refractivity contribution in [2.24, 2.45) is 11.8 Å². The lowest BCUT2D eigenvalue weighted by atomic mass is 9.86. The van der Waals surface area contributed by atoms with Gasteiger partial charge in [0.25, 0.3) is 0 Å². The van der Waals surface area contributed by atoms with Crippen LogP contribution in [-0.4, -0.2) is 61.9 Å². The second-order valence-corrected chi connectivity index (χ2v) is 9.23. The Hall–Kier alpha value is 0.130. The number of nitrogens with one attached hydrogen (secondary N) is 2. The molecule has 0 amide bonds. The highest BCUT2D eigenvalue weighted by molar-refractivity contribution is 5.85. The second-order valence-electron chi connectivity index (χ2n) is 9.23. The Labute approximate surface area is 166 Å². The fraction of sp³-hybridized carbons (Fsp3) is 1.00. The molecule has 4 rings (SSSR count). The van der Waals surface area contributed by atoms with Crippen LogP contribution in [0.3, 0.4) is 0 Å². The van der Waals surface area contributed by atoms with Gasteiger partial charge in [-0.05, 0) is 76.3 Å². The van der Waals surface area contributed by atoms with Crippen molar-refractivity contribution in [3.63, 3.8) is 0 Å². The largest absolute Gasteiger partial charge is 0.379 e. The number of nitrogens with zero attached hydrogens (tertiary/aromatic N) is 1. The molecule has 2 aliphatic heterocycles. The summed E-state index contributed by atoms with van der Waals surface area (Å²) in [5.74, 6) is 1.73. The Morgan fingerprint density at radius 3 is 2.42 bits per heavy atom. The third-order valence-electron chi connectivity index (χ3n) is 7.52. The second kappa shape index (κ2) is 10.1. The van der Waals surface area contributed by atoms with E-state index >= 15 is 0 Å². The van der Waals surface area contributed by atoms with E-state index in [0.29, 0.717) is 6.04 Å². The average molecular weight is 386 g/mol. The highest BCUT2D eigenvalue weighted by Crippen LogP contribution is 2.32. The Kier molecular flexibility index (Phi) is 8.07. The lowest BCUT2D eigenvalue weighted by molar-refractivity contribution is 0.0501. The monoisotopic (exact) mass is 385 g/mol. The zero-order valence-electron chi connectivity index (χ0n) is 16.6. The molecule has 3 unspecified atom stereocenters. The van der Waals surface area contributed by atoms with Crippen LogP contribution in [0.4, 0.5) is 0 Å². The van der Waals surface area contributed by atoms with E-state index in [1.807, 2.05) is 0 Å². The number of hydrogen-bond donors (Lipinski definition) is 2. The number of piperidine rings is 1. The molecule has 0 spiro atoms. The molecule has 2 N–H and O–H groups in total. The summed E-state index contributed by atoms with van der Waals surface area (Å²) in [7, 11) is 0. The van der Waals surface area contributed by atoms with Gasteiger partial charge in [-0.2, -0.15) is 0 Å². The number of halogens is 1. The SMILES string of the molecule is CC1CCN(C2CCC(NC3CCCC3C3COCCN3)CC2)CC1.Cl. The van der Waals surface area contributed by atoms with Gasteiger partial charge in [-0.25, -0.2) is 0 Å². The third kappa shape index (κ3) is 5.14. The first-order valence-corrected chi connectivity index (χ1v) is 11.1. The molecule has 3 atom stereocenters. The standard InChI is InChI=1S/C21H39N3O.ClH/c1-16-9-12-24(13-10-16)18-7-5-17(6-8-18)23-20-4-2-3-19(20)21-15-25-14-11-22-21;/h16-23H,2-15H2,1H3;1H. The van der Waals surface area contributed by atoms with Crippen LogP contribution >= 0.6 is 12.4 Å². The van der Waals surface area contributed by atoms with E-state index < -0.39 is 0 Å². The Morgan fingerprint density at radius 1 is 0.962 bits per heavy atom. The number of rotatable bonds is 4. The van der Waals surface area contributed by atoms with Gasteiger partial charge in [-0.1, -0.05) is 13.3 Å². The van der Waals surface area contributed by atoms with Gasteiger partial charge in [0.2, 0.25) is 0 Å². The van der Waals surface area contributed by atoms with Crippen LogP contribution in [0.2, 0.25) is 0 Å². The number of likely N-dealkylation sites (tertiary alicyclic amines) is 1. The number of hydrogen-bond acceptors (Lipinski definition) is 4. The number of morpholine rings is 1. The molecule has 2 saturated heterocycles. The van der Waals surface area contributed by atoms with Gasteiger partial charge in [0.15, 0.2) is 0 Å². The first-order valence-electron chi connectivity index (χ1n) is 11.1. The van der Waals surface area contributed by atoms with Gasteiger partial charge in [0.05, 0.1) is 13.2 Å². The minimum Gasteiger partial charge on any atom is -0.379 e. The van der Waals surface area contributed by atoms with Crippen LogP contribution in [0.25, 0.3) is 0 Å². The van der Waals surface area contributed by atoms with Crippen LogP contribution in [0.15, 0.2) is 0 Å². The Bertz CT molecular complexity index is 402. The van der Waals surface area contributed by atoms with E-state index in [9.17, 15) is 0 Å². The van der Waals surface area contributed by atoms with E-state index in [-0.39, 0.29) is 12.4 Å². The van der Waals surface area contributed by atoms with E-state index in [4.69, 9.17) is 4.74 Å². The highest BCUT2D eigenvalue weighted by atomic mass is 35.5. The Morgan fingerprint density at radius 2 is 1.73 bits per heavy atom. The van der Waals surface area contributed by atoms with Gasteiger partial charge in [0, 0.05) is 30.7 Å². The molecule has 2 saturated carbocycles. The zero-order chi connectivity index (χ0) is 17.1. The fourth-order valence-corrected chi connectivity index (χ4v) is 5.84. The zero-order valence-corrected chi connectivity index (χ0v) is 17.4. The summed E-state index contributed by atoms with van der Waals surface area (Å²) in [4.78, 5) is 2.80. The van der Waals surface area contributed by atoms with E-state index in [1.165, 1.54) is 70.9 Å². The molecule has 152 valence electrons. The molecule has 2 aliphatic carbocycles. The topological polar surface area (TPSA) is 36.5 Å². The van der Waals surface area contributed by atoms with E-state index in [0.717, 1.165) is 49.7 Å². The summed E-state index contributed by atoms with van der Waals surface area (Å²) in [6.07, 6.45) is 12.6. The third-order valence-corrected chi connectivity index (χ3v) is 7.52. The maximum atomic E-state index is 5.73. The predicted octanol–water partition coefficient (Wildman–Crippen LogP) is 3.20. The van der Waals surface area contributed by atoms with Gasteiger partial charge >= 0.3 is 0 Å². The van der Waals surface area contributed by atoms with Crippen LogP contribution in [0.5, 0.6) is 0 Å². The summed E-state index contributed by atoms with van der Waals surface area (Å²) in [6, 6.07) is 2.94. The summed E-state index contributed by atoms with van der Waals surface area (Å²) in [5.41, 5.74) is 0. The van der Waals surface area contributed by atoms with E-state index in [2.05, 4.69) is 22.5 Å². The van der Waals surface area contributed by atoms with Crippen LogP contribution in [0.1, 0.15) is 64.7 Å². The summed E-state index contributed by atoms with van der Waals surface area (Å²) < 4.78 is 5.73. The molecule has 4 aliphatic rings. The molecule has 5 heteroatoms. The molecule has 0 aromatic rings. The highest BCUT2D eigenvalue weighted by Gasteiger charge is 2.36. The van der Waals surface area contributed by atoms with Gasteiger partial charge in [0.1, 0.15) is 0 Å². The summed E-state index contributed by atoms with van der Waals surface area (Å²) in [6.45, 7) is 7.96. The van der Waals surface area contributed by atoms with Crippen molar-refractivity contribution >= 4 is 12.4 Å². The summed E-state index contributed by atoms with van der Waals surface area (Å²) >= 11 is 0. The molecular formula is C21H40ClN3O. The van der Waals surface area contributed by atoms with Gasteiger partial charge < -0.3 is 20.3 Å². The molecule has 0 aromatic heterocycles. The smallest absolute Gasteiger partial charge is 0.0623 e. The number of ether oxygens (including phenoxy) is 1. The first kappa shape index (κ1) is 20.9. The first-order chi connectivity index (χ1) is 12.3. The van der Waals surface area contributed by atoms with Crippen LogP contribution < -0.4 is 10.6 Å². The van der Waals surface area contributed by atoms with Gasteiger partial charge in [-0.3, -0.25) is 0 Å². The lowest BCUT2D eigenvalue weighted by Gasteiger charge is -2.41. The molecule has 0 radical (unpaired) electrons. The van der Waals surface area contributed by atoms with Crippen LogP contribution in [0, 0.1) is 11.8 Å². The molecule has 4 fully saturated rings. The maximum Gasteiger partial charge on any atom is 0.0623 e. The summed E-state index contributed by atoms with van der Waals surface area (Å²) in [5, 5.41) is 7.79. The molecule has 0 bridgehead atoms. The minimum atomic E-state index is 0. The van der Waals surface area contributed by atoms with E-state index in [1.54, 1.807) is 0 Å². The molecular weight excluding hydrogens is 346 g/mol. The van der Waals surface area contributed by atoms with Crippen molar-refractivity contribution in [2.75, 3.05) is 32.8 Å². The Balaban J connectivity index is 0.00000196. The van der Waals surface area contributed by atoms with Crippen molar-refractivity contribution in [3.8, 4) is 0 Å². The molecule has 26 heavy (non-hydrogen) atoms. The predicted molar refractivity (Wildman–Crippen MR) is 110 cm³/mol. The normalized spacial score (nSPS) is 40.3. The average Bonchev–Trinajstić information content (AvgIpc) is 3.12. The molecule has 4 nitrogen and oxygen atoms in total. The maximum absolute atomic E-state index is 5.73. The molecule has 2 heterocycles. The van der Waals surface area contributed by atoms with Crippen molar-refractivity contribution in [1.29, 1.82) is 0 Å². The van der Waals surface area contributed by atoms with Crippen molar-refractivity contribution in [3.05, 3.63) is 0 Å². The molecule has 0 aromatic carbocycles. The van der Waals surface area contributed by atoms with Crippen molar-refractivity contribution in [2.45, 2.75) is 88.9 Å². The van der Waals surface area contributed by atoms with Gasteiger partial charge in [-0.15, -0.1) is 12.4 Å². The fourth-order valence-electron chi connectivity index (χ4n) is 5.84.